The van der Waals surface area contributed by atoms with Gasteiger partial charge in [-0.3, -0.25) is 4.40 Å². The Morgan fingerprint density at radius 2 is 1.96 bits per heavy atom. The highest BCUT2D eigenvalue weighted by atomic mass is 35.5. The number of imidazole rings is 1. The zero-order valence-electron chi connectivity index (χ0n) is 11.9. The summed E-state index contributed by atoms with van der Waals surface area (Å²) in [6.07, 6.45) is 4.72. The fourth-order valence-electron chi connectivity index (χ4n) is 2.09. The van der Waals surface area contributed by atoms with E-state index in [4.69, 9.17) is 27.9 Å². The Hall–Kier alpha value is -2.30. The first kappa shape index (κ1) is 15.6. The topological polar surface area (TPSA) is 43.6 Å². The molecule has 4 nitrogen and oxygen atoms in total. The van der Waals surface area contributed by atoms with E-state index in [9.17, 15) is 4.79 Å². The smallest absolute Gasteiger partial charge is 0.331 e. The van der Waals surface area contributed by atoms with Gasteiger partial charge in [0.25, 0.3) is 0 Å². The number of hydrogen-bond acceptors (Lipinski definition) is 3. The molecule has 3 aromatic rings. The van der Waals surface area contributed by atoms with Crippen LogP contribution in [0.3, 0.4) is 0 Å². The summed E-state index contributed by atoms with van der Waals surface area (Å²) in [4.78, 5) is 16.0. The van der Waals surface area contributed by atoms with Gasteiger partial charge in [0, 0.05) is 22.9 Å². The second-order valence-electron chi connectivity index (χ2n) is 4.75. The fourth-order valence-corrected chi connectivity index (χ4v) is 2.53. The number of aromatic nitrogens is 2. The van der Waals surface area contributed by atoms with Gasteiger partial charge in [-0.1, -0.05) is 47.5 Å². The van der Waals surface area contributed by atoms with Gasteiger partial charge in [-0.15, -0.1) is 0 Å². The number of carbonyl (C=O) groups is 1. The average molecular weight is 347 g/mol. The molecule has 0 aliphatic carbocycles. The Kier molecular flexibility index (Phi) is 4.65. The van der Waals surface area contributed by atoms with Gasteiger partial charge in [0.05, 0.1) is 5.69 Å². The predicted molar refractivity (Wildman–Crippen MR) is 90.5 cm³/mol. The van der Waals surface area contributed by atoms with E-state index in [-0.39, 0.29) is 6.61 Å². The molecule has 2 heterocycles. The van der Waals surface area contributed by atoms with Gasteiger partial charge >= 0.3 is 5.97 Å². The first-order valence-corrected chi connectivity index (χ1v) is 7.61. The average Bonchev–Trinajstić information content (AvgIpc) is 2.87. The predicted octanol–water partition coefficient (Wildman–Crippen LogP) is 4.40. The number of hydrogen-bond donors (Lipinski definition) is 0. The molecule has 0 atom stereocenters. The minimum Gasteiger partial charge on any atom is -0.458 e. The van der Waals surface area contributed by atoms with Crippen molar-refractivity contribution in [3.8, 4) is 0 Å². The highest BCUT2D eigenvalue weighted by Crippen LogP contribution is 2.19. The van der Waals surface area contributed by atoms with Gasteiger partial charge < -0.3 is 4.74 Å². The van der Waals surface area contributed by atoms with E-state index in [1.54, 1.807) is 22.6 Å². The van der Waals surface area contributed by atoms with E-state index >= 15 is 0 Å². The third-order valence-electron chi connectivity index (χ3n) is 3.23. The third-order valence-corrected chi connectivity index (χ3v) is 3.87. The molecule has 0 amide bonds. The summed E-state index contributed by atoms with van der Waals surface area (Å²) in [6, 6.07) is 12.8. The van der Waals surface area contributed by atoms with Crippen LogP contribution in [0.5, 0.6) is 0 Å². The number of esters is 1. The number of pyridine rings is 1. The SMILES string of the molecule is O=C(/C=C/c1c(Cl)nc2ccccn12)OCc1ccccc1Cl. The van der Waals surface area contributed by atoms with Crippen LogP contribution in [0, 0.1) is 0 Å². The molecule has 0 fully saturated rings. The van der Waals surface area contributed by atoms with E-state index in [0.29, 0.717) is 21.5 Å². The standard InChI is InChI=1S/C17H12Cl2N2O2/c18-13-6-2-1-5-12(13)11-23-16(22)9-8-14-17(19)20-15-7-3-4-10-21(14)15/h1-10H,11H2/b9-8+. The number of ether oxygens (including phenoxy) is 1. The van der Waals surface area contributed by atoms with Crippen molar-refractivity contribution in [2.24, 2.45) is 0 Å². The van der Waals surface area contributed by atoms with Crippen molar-refractivity contribution < 1.29 is 9.53 Å². The maximum atomic E-state index is 11.8. The second-order valence-corrected chi connectivity index (χ2v) is 5.51. The second kappa shape index (κ2) is 6.86. The lowest BCUT2D eigenvalue weighted by atomic mass is 10.2. The van der Waals surface area contributed by atoms with Crippen molar-refractivity contribution in [2.75, 3.05) is 0 Å². The highest BCUT2D eigenvalue weighted by Gasteiger charge is 2.08. The lowest BCUT2D eigenvalue weighted by molar-refractivity contribution is -0.138. The Balaban J connectivity index is 1.71. The summed E-state index contributed by atoms with van der Waals surface area (Å²) in [5, 5.41) is 0.889. The maximum Gasteiger partial charge on any atom is 0.331 e. The first-order chi connectivity index (χ1) is 11.1. The number of carbonyl (C=O) groups excluding carboxylic acids is 1. The van der Waals surface area contributed by atoms with Crippen LogP contribution in [-0.2, 0) is 16.1 Å². The van der Waals surface area contributed by atoms with Crippen molar-refractivity contribution in [1.82, 2.24) is 9.38 Å². The van der Waals surface area contributed by atoms with Gasteiger partial charge in [-0.2, -0.15) is 0 Å². The lowest BCUT2D eigenvalue weighted by Gasteiger charge is -2.04. The van der Waals surface area contributed by atoms with Crippen LogP contribution in [-0.4, -0.2) is 15.4 Å². The van der Waals surface area contributed by atoms with Gasteiger partial charge in [0.1, 0.15) is 12.3 Å². The summed E-state index contributed by atoms with van der Waals surface area (Å²) in [5.74, 6) is -0.480. The molecule has 0 radical (unpaired) electrons. The number of fused-ring (bicyclic) bond motifs is 1. The zero-order chi connectivity index (χ0) is 16.2. The Morgan fingerprint density at radius 3 is 2.78 bits per heavy atom. The van der Waals surface area contributed by atoms with Crippen LogP contribution < -0.4 is 0 Å². The van der Waals surface area contributed by atoms with Crippen LogP contribution in [0.2, 0.25) is 10.2 Å². The van der Waals surface area contributed by atoms with Crippen LogP contribution in [0.15, 0.2) is 54.7 Å². The van der Waals surface area contributed by atoms with E-state index in [0.717, 1.165) is 5.56 Å². The molecule has 0 bridgehead atoms. The van der Waals surface area contributed by atoms with Gasteiger partial charge in [-0.25, -0.2) is 9.78 Å². The summed E-state index contributed by atoms with van der Waals surface area (Å²) in [7, 11) is 0. The number of nitrogens with zero attached hydrogens (tertiary/aromatic N) is 2. The molecule has 0 unspecified atom stereocenters. The third kappa shape index (κ3) is 3.55. The van der Waals surface area contributed by atoms with Gasteiger partial charge in [0.2, 0.25) is 0 Å². The fraction of sp³-hybridized carbons (Fsp3) is 0.0588. The minimum absolute atomic E-state index is 0.115. The lowest BCUT2D eigenvalue weighted by Crippen LogP contribution is -2.01. The van der Waals surface area contributed by atoms with Crippen molar-refractivity contribution >= 4 is 40.9 Å². The largest absolute Gasteiger partial charge is 0.458 e. The van der Waals surface area contributed by atoms with Gasteiger partial charge in [-0.05, 0) is 24.3 Å². The molecule has 0 saturated carbocycles. The normalized spacial score (nSPS) is 11.2. The van der Waals surface area contributed by atoms with E-state index in [2.05, 4.69) is 4.98 Å². The molecule has 0 N–H and O–H groups in total. The van der Waals surface area contributed by atoms with E-state index in [1.165, 1.54) is 6.08 Å². The Bertz CT molecular complexity index is 887. The minimum atomic E-state index is -0.480. The van der Waals surface area contributed by atoms with Crippen LogP contribution in [0.25, 0.3) is 11.7 Å². The number of benzene rings is 1. The summed E-state index contributed by atoms with van der Waals surface area (Å²) in [5.41, 5.74) is 2.09. The first-order valence-electron chi connectivity index (χ1n) is 6.86. The molecule has 0 saturated heterocycles. The number of rotatable bonds is 4. The molecule has 1 aromatic carbocycles. The molecule has 116 valence electrons. The molecule has 3 rings (SSSR count). The van der Waals surface area contributed by atoms with Crippen LogP contribution in [0.4, 0.5) is 0 Å². The van der Waals surface area contributed by atoms with E-state index in [1.807, 2.05) is 36.5 Å². The van der Waals surface area contributed by atoms with Gasteiger partial charge in [0.15, 0.2) is 5.15 Å². The highest BCUT2D eigenvalue weighted by molar-refractivity contribution is 6.31. The van der Waals surface area contributed by atoms with Crippen LogP contribution >= 0.6 is 23.2 Å². The molecular weight excluding hydrogens is 335 g/mol. The monoisotopic (exact) mass is 346 g/mol. The van der Waals surface area contributed by atoms with Crippen LogP contribution in [0.1, 0.15) is 11.3 Å². The zero-order valence-corrected chi connectivity index (χ0v) is 13.5. The molecule has 0 aliphatic rings. The summed E-state index contributed by atoms with van der Waals surface area (Å²) in [6.45, 7) is 0.115. The van der Waals surface area contributed by atoms with E-state index < -0.39 is 5.97 Å². The summed E-state index contributed by atoms with van der Waals surface area (Å²) >= 11 is 12.1. The maximum absolute atomic E-state index is 11.8. The Morgan fingerprint density at radius 1 is 1.17 bits per heavy atom. The Labute approximate surface area is 142 Å². The molecular formula is C17H12Cl2N2O2. The molecule has 0 spiro atoms. The summed E-state index contributed by atoms with van der Waals surface area (Å²) < 4.78 is 6.97. The van der Waals surface area contributed by atoms with Crippen molar-refractivity contribution in [3.05, 3.63) is 76.2 Å². The van der Waals surface area contributed by atoms with Crippen molar-refractivity contribution in [2.45, 2.75) is 6.61 Å². The molecule has 0 aliphatic heterocycles. The molecule has 23 heavy (non-hydrogen) atoms. The quantitative estimate of drug-likeness (QED) is 0.519. The molecule has 6 heteroatoms. The number of halogens is 2. The van der Waals surface area contributed by atoms with Crippen molar-refractivity contribution in [1.29, 1.82) is 0 Å². The molecule has 2 aromatic heterocycles. The van der Waals surface area contributed by atoms with Crippen molar-refractivity contribution in [3.63, 3.8) is 0 Å².